The molecule has 0 aliphatic heterocycles. The number of rotatable bonds is 3. The Balaban J connectivity index is 2.12. The molecule has 8 heteroatoms. The molecule has 0 fully saturated rings. The molecule has 1 N–H and O–H groups in total. The standard InChI is InChI=1S/C9H10Cl2N6/c1-5-6(4-13-17(5)2)3-12-8-7(10)15-16-9(11)14-8/h4H,3H2,1-2H3,(H,12,14,16). The van der Waals surface area contributed by atoms with Crippen LogP contribution in [0.3, 0.4) is 0 Å². The van der Waals surface area contributed by atoms with Gasteiger partial charge in [0.05, 0.1) is 6.20 Å². The van der Waals surface area contributed by atoms with E-state index in [0.29, 0.717) is 12.4 Å². The van der Waals surface area contributed by atoms with Crippen LogP contribution in [0.1, 0.15) is 11.3 Å². The Morgan fingerprint density at radius 3 is 2.76 bits per heavy atom. The highest BCUT2D eigenvalue weighted by molar-refractivity contribution is 6.32. The molecule has 0 radical (unpaired) electrons. The average Bonchev–Trinajstić information content (AvgIpc) is 2.62. The van der Waals surface area contributed by atoms with E-state index >= 15 is 0 Å². The Morgan fingerprint density at radius 1 is 1.35 bits per heavy atom. The van der Waals surface area contributed by atoms with Crippen molar-refractivity contribution in [2.45, 2.75) is 13.5 Å². The molecule has 0 atom stereocenters. The third-order valence-electron chi connectivity index (χ3n) is 2.40. The van der Waals surface area contributed by atoms with Gasteiger partial charge < -0.3 is 5.32 Å². The SMILES string of the molecule is Cc1c(CNc2nc(Cl)nnc2Cl)cnn1C. The van der Waals surface area contributed by atoms with Crippen molar-refractivity contribution in [2.24, 2.45) is 7.05 Å². The molecular weight excluding hydrogens is 263 g/mol. The highest BCUT2D eigenvalue weighted by atomic mass is 35.5. The van der Waals surface area contributed by atoms with Crippen LogP contribution in [0.25, 0.3) is 0 Å². The second kappa shape index (κ2) is 4.85. The Hall–Kier alpha value is -1.40. The number of anilines is 1. The van der Waals surface area contributed by atoms with Crippen molar-refractivity contribution < 1.29 is 0 Å². The number of nitrogens with one attached hydrogen (secondary N) is 1. The van der Waals surface area contributed by atoms with E-state index in [4.69, 9.17) is 23.2 Å². The van der Waals surface area contributed by atoms with Crippen molar-refractivity contribution in [3.63, 3.8) is 0 Å². The molecule has 6 nitrogen and oxygen atoms in total. The summed E-state index contributed by atoms with van der Waals surface area (Å²) >= 11 is 11.5. The lowest BCUT2D eigenvalue weighted by Gasteiger charge is -2.05. The van der Waals surface area contributed by atoms with Crippen LogP contribution in [0, 0.1) is 6.92 Å². The van der Waals surface area contributed by atoms with Crippen LogP contribution in [-0.4, -0.2) is 25.0 Å². The maximum absolute atomic E-state index is 5.83. The number of nitrogens with zero attached hydrogens (tertiary/aromatic N) is 5. The van der Waals surface area contributed by atoms with Gasteiger partial charge >= 0.3 is 0 Å². The second-order valence-corrected chi connectivity index (χ2v) is 4.15. The first kappa shape index (κ1) is 12.1. The maximum Gasteiger partial charge on any atom is 0.245 e. The summed E-state index contributed by atoms with van der Waals surface area (Å²) in [5, 5.41) is 14.6. The summed E-state index contributed by atoms with van der Waals surface area (Å²) in [4.78, 5) is 3.95. The third kappa shape index (κ3) is 2.65. The normalized spacial score (nSPS) is 10.6. The van der Waals surface area contributed by atoms with Crippen molar-refractivity contribution in [3.8, 4) is 0 Å². The fourth-order valence-electron chi connectivity index (χ4n) is 1.30. The average molecular weight is 273 g/mol. The summed E-state index contributed by atoms with van der Waals surface area (Å²) in [7, 11) is 1.88. The molecule has 0 aliphatic carbocycles. The number of hydrogen-bond acceptors (Lipinski definition) is 5. The molecule has 2 heterocycles. The minimum atomic E-state index is 0.0554. The molecule has 2 rings (SSSR count). The third-order valence-corrected chi connectivity index (χ3v) is 2.82. The van der Waals surface area contributed by atoms with Gasteiger partial charge in [-0.25, -0.2) is 0 Å². The predicted molar refractivity (Wildman–Crippen MR) is 65.1 cm³/mol. The molecule has 2 aromatic heterocycles. The van der Waals surface area contributed by atoms with E-state index in [2.05, 4.69) is 25.6 Å². The Kier molecular flexibility index (Phi) is 3.44. The molecular formula is C9H10Cl2N6. The lowest BCUT2D eigenvalue weighted by Crippen LogP contribution is -2.05. The Morgan fingerprint density at radius 2 is 2.12 bits per heavy atom. The van der Waals surface area contributed by atoms with Crippen LogP contribution < -0.4 is 5.32 Å². The topological polar surface area (TPSA) is 68.5 Å². The minimum Gasteiger partial charge on any atom is -0.363 e. The van der Waals surface area contributed by atoms with Crippen LogP contribution in [-0.2, 0) is 13.6 Å². The monoisotopic (exact) mass is 272 g/mol. The van der Waals surface area contributed by atoms with Crippen molar-refractivity contribution in [2.75, 3.05) is 5.32 Å². The van der Waals surface area contributed by atoms with E-state index in [1.807, 2.05) is 14.0 Å². The van der Waals surface area contributed by atoms with E-state index in [0.717, 1.165) is 11.3 Å². The largest absolute Gasteiger partial charge is 0.363 e. The lowest BCUT2D eigenvalue weighted by molar-refractivity contribution is 0.738. The van der Waals surface area contributed by atoms with Crippen LogP contribution in [0.5, 0.6) is 0 Å². The van der Waals surface area contributed by atoms with Gasteiger partial charge in [-0.05, 0) is 18.5 Å². The van der Waals surface area contributed by atoms with Crippen molar-refractivity contribution in [1.82, 2.24) is 25.0 Å². The lowest BCUT2D eigenvalue weighted by atomic mass is 10.2. The minimum absolute atomic E-state index is 0.0554. The number of hydrogen-bond donors (Lipinski definition) is 1. The van der Waals surface area contributed by atoms with E-state index in [1.165, 1.54) is 0 Å². The first-order valence-electron chi connectivity index (χ1n) is 4.85. The highest BCUT2D eigenvalue weighted by Gasteiger charge is 2.08. The zero-order valence-electron chi connectivity index (χ0n) is 9.28. The molecule has 0 saturated heterocycles. The van der Waals surface area contributed by atoms with Crippen molar-refractivity contribution in [1.29, 1.82) is 0 Å². The molecule has 0 spiro atoms. The summed E-state index contributed by atoms with van der Waals surface area (Å²) in [5.74, 6) is 0.412. The van der Waals surface area contributed by atoms with Gasteiger partial charge in [-0.2, -0.15) is 10.1 Å². The van der Waals surface area contributed by atoms with Crippen LogP contribution >= 0.6 is 23.2 Å². The van der Waals surface area contributed by atoms with Crippen LogP contribution in [0.2, 0.25) is 10.4 Å². The summed E-state index contributed by atoms with van der Waals surface area (Å²) in [5.41, 5.74) is 2.13. The summed E-state index contributed by atoms with van der Waals surface area (Å²) in [6.45, 7) is 2.53. The van der Waals surface area contributed by atoms with E-state index in [9.17, 15) is 0 Å². The van der Waals surface area contributed by atoms with Crippen LogP contribution in [0.15, 0.2) is 6.20 Å². The Labute approximate surface area is 108 Å². The van der Waals surface area contributed by atoms with Gasteiger partial charge in [-0.15, -0.1) is 10.2 Å². The quantitative estimate of drug-likeness (QED) is 0.924. The molecule has 0 amide bonds. The van der Waals surface area contributed by atoms with Gasteiger partial charge in [-0.3, -0.25) is 4.68 Å². The molecule has 0 aromatic carbocycles. The van der Waals surface area contributed by atoms with E-state index in [-0.39, 0.29) is 10.4 Å². The fourth-order valence-corrected chi connectivity index (χ4v) is 1.57. The van der Waals surface area contributed by atoms with Crippen molar-refractivity contribution >= 4 is 29.0 Å². The Bertz CT molecular complexity index is 538. The molecule has 0 unspecified atom stereocenters. The first-order valence-corrected chi connectivity index (χ1v) is 5.60. The number of aryl methyl sites for hydroxylation is 1. The fraction of sp³-hybridized carbons (Fsp3) is 0.333. The van der Waals surface area contributed by atoms with Crippen LogP contribution in [0.4, 0.5) is 5.82 Å². The summed E-state index contributed by atoms with van der Waals surface area (Å²) in [6.07, 6.45) is 1.78. The highest BCUT2D eigenvalue weighted by Crippen LogP contribution is 2.18. The van der Waals surface area contributed by atoms with Gasteiger partial charge in [0.15, 0.2) is 11.0 Å². The van der Waals surface area contributed by atoms with Gasteiger partial charge in [-0.1, -0.05) is 11.6 Å². The number of aromatic nitrogens is 5. The molecule has 2 aromatic rings. The van der Waals surface area contributed by atoms with E-state index < -0.39 is 0 Å². The second-order valence-electron chi connectivity index (χ2n) is 3.45. The molecule has 0 saturated carbocycles. The first-order chi connectivity index (χ1) is 8.08. The molecule has 0 aliphatic rings. The molecule has 0 bridgehead atoms. The molecule has 90 valence electrons. The maximum atomic E-state index is 5.83. The van der Waals surface area contributed by atoms with Gasteiger partial charge in [0.2, 0.25) is 5.28 Å². The van der Waals surface area contributed by atoms with Crippen molar-refractivity contribution in [3.05, 3.63) is 27.9 Å². The van der Waals surface area contributed by atoms with Gasteiger partial charge in [0, 0.05) is 24.8 Å². The molecule has 17 heavy (non-hydrogen) atoms. The predicted octanol–water partition coefficient (Wildman–Crippen LogP) is 1.83. The smallest absolute Gasteiger partial charge is 0.245 e. The van der Waals surface area contributed by atoms with E-state index in [1.54, 1.807) is 10.9 Å². The zero-order valence-corrected chi connectivity index (χ0v) is 10.8. The summed E-state index contributed by atoms with van der Waals surface area (Å²) < 4.78 is 1.80. The zero-order chi connectivity index (χ0) is 12.4. The number of halogens is 2. The summed E-state index contributed by atoms with van der Waals surface area (Å²) in [6, 6.07) is 0. The van der Waals surface area contributed by atoms with Gasteiger partial charge in [0.1, 0.15) is 0 Å². The van der Waals surface area contributed by atoms with Gasteiger partial charge in [0.25, 0.3) is 0 Å².